The van der Waals surface area contributed by atoms with Crippen molar-refractivity contribution in [2.45, 2.75) is 125 Å². The van der Waals surface area contributed by atoms with Gasteiger partial charge in [-0.2, -0.15) is 0 Å². The fraction of sp³-hybridized carbons (Fsp3) is 0.725. The molecule has 46 heavy (non-hydrogen) atoms. The zero-order valence-electron chi connectivity index (χ0n) is 29.4. The summed E-state index contributed by atoms with van der Waals surface area (Å²) in [5, 5.41) is 26.1. The Hall–Kier alpha value is -2.47. The fourth-order valence-electron chi connectivity index (χ4n) is 12.7. The lowest BCUT2D eigenvalue weighted by atomic mass is 9.33. The van der Waals surface area contributed by atoms with Crippen molar-refractivity contribution in [2.24, 2.45) is 56.2 Å². The molecular weight excluding hydrogens is 574 g/mol. The highest BCUT2D eigenvalue weighted by molar-refractivity contribution is 5.95. The Labute approximate surface area is 276 Å². The number of rotatable bonds is 5. The molecule has 0 heterocycles. The standard InChI is InChI=1S/C40H57NO5/c1-24-22-37(5)19-18-36(4,34(46)41-27(33(44)45)20-25-12-10-9-11-13-25)23-40(37,8)26-21-28(42)32-38(6)17-15-30(43)35(2,3)29(38)14-16-39(32,7)31(24)26/h9-13,21,24,27,29-32,43H,14-20,22-23H2,1-8H3,(H,41,46)(H,44,45)/p-1/t24-,27+,29?,30?,31?,32?,36-,37+,38-,39-,40-/m0/s1. The molecule has 0 aromatic heterocycles. The number of aliphatic carboxylic acids is 1. The van der Waals surface area contributed by atoms with Gasteiger partial charge in [0.05, 0.1) is 18.1 Å². The van der Waals surface area contributed by atoms with Crippen LogP contribution in [-0.4, -0.2) is 34.9 Å². The van der Waals surface area contributed by atoms with Gasteiger partial charge in [-0.3, -0.25) is 9.59 Å². The topological polar surface area (TPSA) is 107 Å². The average molecular weight is 631 g/mol. The zero-order valence-corrected chi connectivity index (χ0v) is 29.4. The second-order valence-corrected chi connectivity index (χ2v) is 18.2. The number of fused-ring (bicyclic) bond motifs is 7. The summed E-state index contributed by atoms with van der Waals surface area (Å²) in [7, 11) is 0. The Bertz CT molecular complexity index is 1450. The van der Waals surface area contributed by atoms with E-state index in [-0.39, 0.29) is 69.0 Å². The molecule has 6 rings (SSSR count). The highest BCUT2D eigenvalue weighted by Gasteiger charge is 2.70. The molecule has 4 unspecified atom stereocenters. The van der Waals surface area contributed by atoms with Gasteiger partial charge in [0.15, 0.2) is 5.78 Å². The number of hydrogen-bond donors (Lipinski definition) is 2. The van der Waals surface area contributed by atoms with E-state index in [2.05, 4.69) is 53.8 Å². The van der Waals surface area contributed by atoms with Crippen LogP contribution in [-0.2, 0) is 20.8 Å². The first-order valence-electron chi connectivity index (χ1n) is 17.8. The smallest absolute Gasteiger partial charge is 0.226 e. The van der Waals surface area contributed by atoms with E-state index in [0.29, 0.717) is 18.8 Å². The summed E-state index contributed by atoms with van der Waals surface area (Å²) in [6, 6.07) is 8.23. The van der Waals surface area contributed by atoms with Crippen molar-refractivity contribution in [1.29, 1.82) is 0 Å². The number of benzene rings is 1. The van der Waals surface area contributed by atoms with Crippen molar-refractivity contribution in [3.63, 3.8) is 0 Å². The lowest BCUT2D eigenvalue weighted by Crippen LogP contribution is -2.66. The van der Waals surface area contributed by atoms with E-state index >= 15 is 0 Å². The van der Waals surface area contributed by atoms with Gasteiger partial charge >= 0.3 is 0 Å². The number of aliphatic hydroxyl groups excluding tert-OH is 1. The molecule has 252 valence electrons. The van der Waals surface area contributed by atoms with Gasteiger partial charge < -0.3 is 20.3 Å². The Morgan fingerprint density at radius 3 is 2.26 bits per heavy atom. The molecule has 5 aliphatic rings. The summed E-state index contributed by atoms with van der Waals surface area (Å²) >= 11 is 0. The van der Waals surface area contributed by atoms with Gasteiger partial charge in [0.2, 0.25) is 5.91 Å². The summed E-state index contributed by atoms with van der Waals surface area (Å²) in [5.41, 5.74) is 0.234. The maximum Gasteiger partial charge on any atom is 0.226 e. The van der Waals surface area contributed by atoms with Crippen LogP contribution in [0.5, 0.6) is 0 Å². The number of carboxylic acids is 1. The normalized spacial score (nSPS) is 45.2. The third-order valence-electron chi connectivity index (χ3n) is 15.1. The minimum atomic E-state index is -1.28. The zero-order chi connectivity index (χ0) is 33.7. The molecule has 0 spiro atoms. The molecule has 0 aliphatic heterocycles. The molecule has 0 bridgehead atoms. The molecule has 1 amide bonds. The summed E-state index contributed by atoms with van der Waals surface area (Å²) < 4.78 is 0. The summed E-state index contributed by atoms with van der Waals surface area (Å²) in [6.45, 7) is 18.2. The van der Waals surface area contributed by atoms with Crippen molar-refractivity contribution in [3.8, 4) is 0 Å². The van der Waals surface area contributed by atoms with Gasteiger partial charge in [-0.05, 0) is 114 Å². The highest BCUT2D eigenvalue weighted by Crippen LogP contribution is 2.75. The van der Waals surface area contributed by atoms with E-state index in [1.165, 1.54) is 5.57 Å². The average Bonchev–Trinajstić information content (AvgIpc) is 2.96. The van der Waals surface area contributed by atoms with E-state index in [1.807, 2.05) is 43.3 Å². The van der Waals surface area contributed by atoms with Crippen LogP contribution in [0.15, 0.2) is 42.0 Å². The van der Waals surface area contributed by atoms with Crippen LogP contribution >= 0.6 is 0 Å². The summed E-state index contributed by atoms with van der Waals surface area (Å²) in [5.74, 6) is -0.439. The second kappa shape index (κ2) is 10.8. The maximum absolute atomic E-state index is 14.7. The number of hydrogen-bond acceptors (Lipinski definition) is 5. The van der Waals surface area contributed by atoms with Crippen LogP contribution < -0.4 is 10.4 Å². The first-order chi connectivity index (χ1) is 21.3. The van der Waals surface area contributed by atoms with Gasteiger partial charge in [0.1, 0.15) is 0 Å². The van der Waals surface area contributed by atoms with Gasteiger partial charge in [-0.25, -0.2) is 0 Å². The number of allylic oxidation sites excluding steroid dienone is 2. The van der Waals surface area contributed by atoms with E-state index in [9.17, 15) is 24.6 Å². The Kier molecular flexibility index (Phi) is 7.83. The molecule has 6 heteroatoms. The molecule has 5 aliphatic carbocycles. The van der Waals surface area contributed by atoms with Crippen molar-refractivity contribution in [1.82, 2.24) is 5.32 Å². The molecule has 6 nitrogen and oxygen atoms in total. The third kappa shape index (κ3) is 4.70. The van der Waals surface area contributed by atoms with E-state index in [1.54, 1.807) is 0 Å². The van der Waals surface area contributed by atoms with Gasteiger partial charge in [0.25, 0.3) is 0 Å². The molecule has 2 N–H and O–H groups in total. The predicted octanol–water partition coefficient (Wildman–Crippen LogP) is 6.05. The first-order valence-corrected chi connectivity index (χ1v) is 17.8. The molecule has 1 aromatic rings. The molecule has 0 radical (unpaired) electrons. The predicted molar refractivity (Wildman–Crippen MR) is 177 cm³/mol. The highest BCUT2D eigenvalue weighted by atomic mass is 16.4. The Balaban J connectivity index is 1.35. The van der Waals surface area contributed by atoms with Crippen LogP contribution in [0, 0.1) is 56.2 Å². The second-order valence-electron chi connectivity index (χ2n) is 18.2. The molecular formula is C40H56NO5-. The number of amides is 1. The first kappa shape index (κ1) is 33.4. The molecule has 11 atom stereocenters. The van der Waals surface area contributed by atoms with Crippen molar-refractivity contribution in [3.05, 3.63) is 47.5 Å². The van der Waals surface area contributed by atoms with E-state index < -0.39 is 17.4 Å². The van der Waals surface area contributed by atoms with Crippen LogP contribution in [0.2, 0.25) is 0 Å². The number of aliphatic hydroxyl groups is 1. The fourth-order valence-corrected chi connectivity index (χ4v) is 12.7. The number of carbonyl (C=O) groups is 3. The number of carbonyl (C=O) groups excluding carboxylic acids is 3. The lowest BCUT2D eigenvalue weighted by molar-refractivity contribution is -0.308. The van der Waals surface area contributed by atoms with E-state index in [4.69, 9.17) is 0 Å². The minimum absolute atomic E-state index is 0.0755. The molecule has 4 saturated carbocycles. The van der Waals surface area contributed by atoms with Gasteiger partial charge in [0, 0.05) is 11.3 Å². The third-order valence-corrected chi connectivity index (χ3v) is 15.1. The molecule has 1 aromatic carbocycles. The number of carboxylic acid groups (broad SMARTS) is 1. The van der Waals surface area contributed by atoms with Crippen LogP contribution in [0.1, 0.15) is 112 Å². The van der Waals surface area contributed by atoms with Crippen molar-refractivity contribution >= 4 is 17.7 Å². The number of nitrogens with one attached hydrogen (secondary N) is 1. The quantitative estimate of drug-likeness (QED) is 0.412. The lowest BCUT2D eigenvalue weighted by Gasteiger charge is -2.70. The molecule has 4 fully saturated rings. The van der Waals surface area contributed by atoms with Crippen LogP contribution in [0.3, 0.4) is 0 Å². The minimum Gasteiger partial charge on any atom is -0.548 e. The van der Waals surface area contributed by atoms with Crippen molar-refractivity contribution in [2.75, 3.05) is 0 Å². The maximum atomic E-state index is 14.7. The summed E-state index contributed by atoms with van der Waals surface area (Å²) in [6.07, 6.45) is 8.57. The van der Waals surface area contributed by atoms with Gasteiger partial charge in [-0.15, -0.1) is 0 Å². The summed E-state index contributed by atoms with van der Waals surface area (Å²) in [4.78, 5) is 41.0. The van der Waals surface area contributed by atoms with Crippen LogP contribution in [0.4, 0.5) is 0 Å². The van der Waals surface area contributed by atoms with Gasteiger partial charge in [-0.1, -0.05) is 91.3 Å². The monoisotopic (exact) mass is 630 g/mol. The van der Waals surface area contributed by atoms with Crippen molar-refractivity contribution < 1.29 is 24.6 Å². The van der Waals surface area contributed by atoms with Crippen LogP contribution in [0.25, 0.3) is 0 Å². The Morgan fingerprint density at radius 2 is 1.61 bits per heavy atom. The largest absolute Gasteiger partial charge is 0.548 e. The molecule has 0 saturated heterocycles. The number of ketones is 1. The SMILES string of the molecule is C[C@H]1C[C@@]2(C)CC[C@](C)(C(=O)N[C@H](Cc3ccccc3)C(=O)[O-])C[C@@]2(C)C2=CC(=O)C3[C@@](C)(CCC4C(C)(C)C(O)CC[C@@]43C)C21. The Morgan fingerprint density at radius 1 is 0.957 bits per heavy atom. The van der Waals surface area contributed by atoms with E-state index in [0.717, 1.165) is 44.1 Å².